The van der Waals surface area contributed by atoms with Crippen LogP contribution in [0.4, 0.5) is 0 Å². The zero-order chi connectivity index (χ0) is 14.7. The van der Waals surface area contributed by atoms with Gasteiger partial charge in [0.15, 0.2) is 0 Å². The van der Waals surface area contributed by atoms with Crippen LogP contribution in [-0.2, 0) is 19.4 Å². The van der Waals surface area contributed by atoms with Gasteiger partial charge in [0.25, 0.3) is 0 Å². The van der Waals surface area contributed by atoms with Crippen LogP contribution in [0.15, 0.2) is 42.5 Å². The second kappa shape index (κ2) is 6.31. The molecule has 1 aliphatic rings. The Morgan fingerprint density at radius 2 is 1.95 bits per heavy atom. The summed E-state index contributed by atoms with van der Waals surface area (Å²) in [6.07, 6.45) is 2.36. The van der Waals surface area contributed by atoms with Crippen molar-refractivity contribution in [2.45, 2.75) is 39.3 Å². The number of benzene rings is 2. The van der Waals surface area contributed by atoms with E-state index in [2.05, 4.69) is 61.6 Å². The lowest BCUT2D eigenvalue weighted by atomic mass is 10.1. The van der Waals surface area contributed by atoms with Crippen molar-refractivity contribution >= 4 is 0 Å². The lowest BCUT2D eigenvalue weighted by Crippen LogP contribution is -2.29. The summed E-state index contributed by atoms with van der Waals surface area (Å²) in [5.41, 5.74) is 5.47. The van der Waals surface area contributed by atoms with Crippen molar-refractivity contribution in [2.24, 2.45) is 0 Å². The molecule has 1 aliphatic heterocycles. The topological polar surface area (TPSA) is 21.3 Å². The quantitative estimate of drug-likeness (QED) is 0.903. The summed E-state index contributed by atoms with van der Waals surface area (Å²) in [5, 5.41) is 3.54. The third kappa shape index (κ3) is 3.27. The highest BCUT2D eigenvalue weighted by Gasteiger charge is 2.22. The minimum Gasteiger partial charge on any atom is -0.488 e. The van der Waals surface area contributed by atoms with Gasteiger partial charge in [-0.15, -0.1) is 0 Å². The first kappa shape index (κ1) is 14.2. The maximum atomic E-state index is 5.99. The molecule has 1 unspecified atom stereocenters. The van der Waals surface area contributed by atoms with E-state index in [1.807, 2.05) is 0 Å². The zero-order valence-electron chi connectivity index (χ0n) is 12.9. The Labute approximate surface area is 127 Å². The van der Waals surface area contributed by atoms with Crippen molar-refractivity contribution in [3.8, 4) is 5.75 Å². The molecule has 0 fully saturated rings. The summed E-state index contributed by atoms with van der Waals surface area (Å²) in [6, 6.07) is 15.1. The molecule has 0 aliphatic carbocycles. The SMILES string of the molecule is CCc1ccccc1CNCC1Cc2cc(C)ccc2O1. The van der Waals surface area contributed by atoms with Gasteiger partial charge in [-0.05, 0) is 36.1 Å². The molecule has 0 radical (unpaired) electrons. The van der Waals surface area contributed by atoms with Crippen molar-refractivity contribution in [3.05, 3.63) is 64.7 Å². The van der Waals surface area contributed by atoms with Gasteiger partial charge in [-0.3, -0.25) is 0 Å². The summed E-state index contributed by atoms with van der Waals surface area (Å²) >= 11 is 0. The standard InChI is InChI=1S/C19H23NO/c1-3-15-6-4-5-7-16(15)12-20-13-18-11-17-10-14(2)8-9-19(17)21-18/h4-10,18,20H,3,11-13H2,1-2H3. The lowest BCUT2D eigenvalue weighted by Gasteiger charge is -2.13. The van der Waals surface area contributed by atoms with E-state index >= 15 is 0 Å². The molecule has 0 aromatic heterocycles. The molecule has 0 saturated carbocycles. The second-order valence-corrected chi connectivity index (χ2v) is 5.81. The minimum absolute atomic E-state index is 0.260. The van der Waals surface area contributed by atoms with Gasteiger partial charge in [0.1, 0.15) is 11.9 Å². The highest BCUT2D eigenvalue weighted by molar-refractivity contribution is 5.40. The van der Waals surface area contributed by atoms with E-state index in [4.69, 9.17) is 4.74 Å². The number of ether oxygens (including phenoxy) is 1. The van der Waals surface area contributed by atoms with Crippen LogP contribution in [0.25, 0.3) is 0 Å². The molecule has 3 rings (SSSR count). The van der Waals surface area contributed by atoms with Crippen molar-refractivity contribution < 1.29 is 4.74 Å². The Bertz CT molecular complexity index is 621. The van der Waals surface area contributed by atoms with Gasteiger partial charge in [0.2, 0.25) is 0 Å². The average Bonchev–Trinajstić information content (AvgIpc) is 2.89. The fourth-order valence-corrected chi connectivity index (χ4v) is 3.01. The van der Waals surface area contributed by atoms with Crippen LogP contribution in [0.3, 0.4) is 0 Å². The smallest absolute Gasteiger partial charge is 0.123 e. The molecule has 1 N–H and O–H groups in total. The Morgan fingerprint density at radius 3 is 2.76 bits per heavy atom. The number of hydrogen-bond donors (Lipinski definition) is 1. The van der Waals surface area contributed by atoms with E-state index in [9.17, 15) is 0 Å². The van der Waals surface area contributed by atoms with Crippen LogP contribution in [0.5, 0.6) is 5.75 Å². The molecule has 21 heavy (non-hydrogen) atoms. The first-order valence-corrected chi connectivity index (χ1v) is 7.80. The minimum atomic E-state index is 0.260. The molecule has 2 heteroatoms. The lowest BCUT2D eigenvalue weighted by molar-refractivity contribution is 0.227. The molecule has 0 saturated heterocycles. The zero-order valence-corrected chi connectivity index (χ0v) is 12.9. The van der Waals surface area contributed by atoms with Crippen LogP contribution in [-0.4, -0.2) is 12.6 Å². The van der Waals surface area contributed by atoms with Crippen LogP contribution in [0.1, 0.15) is 29.2 Å². The van der Waals surface area contributed by atoms with Gasteiger partial charge in [-0.25, -0.2) is 0 Å². The first-order valence-electron chi connectivity index (χ1n) is 7.80. The number of rotatable bonds is 5. The Kier molecular flexibility index (Phi) is 4.26. The van der Waals surface area contributed by atoms with Crippen molar-refractivity contribution in [3.63, 3.8) is 0 Å². The van der Waals surface area contributed by atoms with Crippen molar-refractivity contribution in [1.82, 2.24) is 5.32 Å². The molecule has 0 spiro atoms. The molecule has 1 atom stereocenters. The van der Waals surface area contributed by atoms with Gasteiger partial charge in [0.05, 0.1) is 0 Å². The fourth-order valence-electron chi connectivity index (χ4n) is 3.01. The van der Waals surface area contributed by atoms with E-state index in [0.717, 1.165) is 31.7 Å². The summed E-state index contributed by atoms with van der Waals surface area (Å²) in [7, 11) is 0. The van der Waals surface area contributed by atoms with Crippen LogP contribution < -0.4 is 10.1 Å². The molecule has 2 nitrogen and oxygen atoms in total. The molecule has 2 aromatic carbocycles. The monoisotopic (exact) mass is 281 g/mol. The number of nitrogens with one attached hydrogen (secondary N) is 1. The predicted octanol–water partition coefficient (Wildman–Crippen LogP) is 3.65. The maximum Gasteiger partial charge on any atom is 0.123 e. The second-order valence-electron chi connectivity index (χ2n) is 5.81. The largest absolute Gasteiger partial charge is 0.488 e. The van der Waals surface area contributed by atoms with Gasteiger partial charge in [-0.2, -0.15) is 0 Å². The molecule has 110 valence electrons. The van der Waals surface area contributed by atoms with Crippen LogP contribution in [0.2, 0.25) is 0 Å². The van der Waals surface area contributed by atoms with Crippen LogP contribution >= 0.6 is 0 Å². The first-order chi connectivity index (χ1) is 10.3. The molecule has 2 aromatic rings. The molecular weight excluding hydrogens is 258 g/mol. The fraction of sp³-hybridized carbons (Fsp3) is 0.368. The number of aryl methyl sites for hydroxylation is 2. The van der Waals surface area contributed by atoms with Crippen molar-refractivity contribution in [1.29, 1.82) is 0 Å². The van der Waals surface area contributed by atoms with E-state index < -0.39 is 0 Å². The maximum absolute atomic E-state index is 5.99. The van der Waals surface area contributed by atoms with Crippen LogP contribution in [0, 0.1) is 6.92 Å². The van der Waals surface area contributed by atoms with E-state index in [0.29, 0.717) is 0 Å². The normalized spacial score (nSPS) is 16.6. The molecule has 1 heterocycles. The third-order valence-electron chi connectivity index (χ3n) is 4.14. The number of hydrogen-bond acceptors (Lipinski definition) is 2. The summed E-state index contributed by atoms with van der Waals surface area (Å²) < 4.78 is 5.99. The molecular formula is C19H23NO. The van der Waals surface area contributed by atoms with Gasteiger partial charge in [0, 0.05) is 19.5 Å². The highest BCUT2D eigenvalue weighted by atomic mass is 16.5. The highest BCUT2D eigenvalue weighted by Crippen LogP contribution is 2.29. The molecule has 0 amide bonds. The number of fused-ring (bicyclic) bond motifs is 1. The summed E-state index contributed by atoms with van der Waals surface area (Å²) in [5.74, 6) is 1.06. The van der Waals surface area contributed by atoms with Crippen molar-refractivity contribution in [2.75, 3.05) is 6.54 Å². The van der Waals surface area contributed by atoms with E-state index in [-0.39, 0.29) is 6.10 Å². The predicted molar refractivity (Wildman–Crippen MR) is 86.8 cm³/mol. The van der Waals surface area contributed by atoms with E-state index in [1.165, 1.54) is 22.3 Å². The average molecular weight is 281 g/mol. The Morgan fingerprint density at radius 1 is 1.14 bits per heavy atom. The summed E-state index contributed by atoms with van der Waals surface area (Å²) in [4.78, 5) is 0. The van der Waals surface area contributed by atoms with Gasteiger partial charge >= 0.3 is 0 Å². The van der Waals surface area contributed by atoms with Gasteiger partial charge in [-0.1, -0.05) is 48.9 Å². The Hall–Kier alpha value is -1.80. The molecule has 0 bridgehead atoms. The third-order valence-corrected chi connectivity index (χ3v) is 4.14. The van der Waals surface area contributed by atoms with Gasteiger partial charge < -0.3 is 10.1 Å². The Balaban J connectivity index is 1.53. The summed E-state index contributed by atoms with van der Waals surface area (Å²) in [6.45, 7) is 6.15. The van der Waals surface area contributed by atoms with E-state index in [1.54, 1.807) is 0 Å².